The Morgan fingerprint density at radius 3 is 0.976 bits per heavy atom. The van der Waals surface area contributed by atoms with Crippen LogP contribution in [-0.4, -0.2) is 16.4 Å². The third kappa shape index (κ3) is 9.55. The number of halogens is 2. The van der Waals surface area contributed by atoms with Crippen molar-refractivity contribution in [3.63, 3.8) is 0 Å². The Morgan fingerprint density at radius 2 is 0.738 bits per heavy atom. The molecular formula is C36H49Cl2N3V. The molecule has 1 radical (unpaired) electrons. The van der Waals surface area contributed by atoms with Crippen molar-refractivity contribution in [2.75, 3.05) is 0 Å². The number of hydrogen-bond acceptors (Lipinski definition) is 3. The van der Waals surface area contributed by atoms with Gasteiger partial charge in [-0.05, 0) is 98.2 Å². The molecule has 3 rings (SSSR count). The van der Waals surface area contributed by atoms with Crippen molar-refractivity contribution in [2.24, 2.45) is 9.98 Å². The zero-order chi connectivity index (χ0) is 29.2. The van der Waals surface area contributed by atoms with Gasteiger partial charge in [-0.3, -0.25) is 9.98 Å². The molecule has 0 aliphatic heterocycles. The maximum absolute atomic E-state index is 5.24. The van der Waals surface area contributed by atoms with Crippen LogP contribution in [0.2, 0.25) is 0 Å². The van der Waals surface area contributed by atoms with E-state index in [1.807, 2.05) is 0 Å². The van der Waals surface area contributed by atoms with Gasteiger partial charge in [-0.2, -0.15) is 0 Å². The summed E-state index contributed by atoms with van der Waals surface area (Å²) in [7, 11) is 0. The Balaban J connectivity index is 0.00000560. The molecule has 3 nitrogen and oxygen atoms in total. The minimum Gasteiger partial charge on any atom is -1.00 e. The first-order valence-corrected chi connectivity index (χ1v) is 14.6. The molecule has 0 aliphatic carbocycles. The molecule has 0 aliphatic rings. The molecule has 0 saturated heterocycles. The van der Waals surface area contributed by atoms with Crippen molar-refractivity contribution >= 4 is 22.8 Å². The number of aromatic nitrogens is 1. The topological polar surface area (TPSA) is 37.6 Å². The van der Waals surface area contributed by atoms with Crippen LogP contribution in [0.5, 0.6) is 0 Å². The summed E-state index contributed by atoms with van der Waals surface area (Å²) in [6, 6.07) is 13.4. The fourth-order valence-corrected chi connectivity index (χ4v) is 5.18. The molecule has 0 amide bonds. The van der Waals surface area contributed by atoms with E-state index in [0.717, 1.165) is 39.7 Å². The molecule has 0 fully saturated rings. The van der Waals surface area contributed by atoms with Crippen molar-refractivity contribution in [3.8, 4) is 0 Å². The van der Waals surface area contributed by atoms with Crippen molar-refractivity contribution < 1.29 is 43.4 Å². The molecule has 0 saturated carbocycles. The summed E-state index contributed by atoms with van der Waals surface area (Å²) >= 11 is 0. The van der Waals surface area contributed by atoms with Gasteiger partial charge in [0, 0.05) is 0 Å². The van der Waals surface area contributed by atoms with E-state index in [4.69, 9.17) is 15.0 Å². The van der Waals surface area contributed by atoms with Gasteiger partial charge in [0.15, 0.2) is 0 Å². The zero-order valence-electron chi connectivity index (χ0n) is 27.8. The third-order valence-electron chi connectivity index (χ3n) is 7.38. The summed E-state index contributed by atoms with van der Waals surface area (Å²) in [5, 5.41) is 0. The van der Waals surface area contributed by atoms with Crippen molar-refractivity contribution in [1.82, 2.24) is 4.98 Å². The summed E-state index contributed by atoms with van der Waals surface area (Å²) in [5.41, 5.74) is 14.8. The van der Waals surface area contributed by atoms with Crippen LogP contribution >= 0.6 is 0 Å². The van der Waals surface area contributed by atoms with Gasteiger partial charge in [0.05, 0.1) is 34.2 Å². The largest absolute Gasteiger partial charge is 2.00 e. The van der Waals surface area contributed by atoms with Crippen LogP contribution in [-0.2, 0) is 18.6 Å². The molecule has 1 heterocycles. The van der Waals surface area contributed by atoms with Gasteiger partial charge in [-0.15, -0.1) is 0 Å². The molecule has 227 valence electrons. The predicted octanol–water partition coefficient (Wildman–Crippen LogP) is 4.79. The number of nitrogens with zero attached hydrogens (tertiary/aromatic N) is 3. The fraction of sp³-hybridized carbons (Fsp3) is 0.472. The smallest absolute Gasteiger partial charge is 1.00 e. The second-order valence-electron chi connectivity index (χ2n) is 12.5. The third-order valence-corrected chi connectivity index (χ3v) is 7.38. The zero-order valence-corrected chi connectivity index (χ0v) is 30.7. The Bertz CT molecular complexity index is 1260. The van der Waals surface area contributed by atoms with Gasteiger partial charge < -0.3 is 24.8 Å². The molecule has 0 N–H and O–H groups in total. The molecule has 3 aromatic rings. The molecule has 42 heavy (non-hydrogen) atoms. The number of pyridine rings is 1. The van der Waals surface area contributed by atoms with Crippen molar-refractivity contribution in [1.29, 1.82) is 0 Å². The molecule has 0 unspecified atom stereocenters. The average molecular weight is 646 g/mol. The van der Waals surface area contributed by atoms with E-state index in [-0.39, 0.29) is 43.4 Å². The minimum atomic E-state index is 0. The minimum absolute atomic E-state index is 0. The van der Waals surface area contributed by atoms with E-state index in [9.17, 15) is 0 Å². The SMILES string of the molecule is CC(=Nc1c(C(C)C)cc(C)cc1C(C)C)c1cc(C)cc(C(C)=Nc2c(C(C)C)cc(C)cc2C(C)C)n1.[Cl-].[Cl-].[V+2]. The number of rotatable bonds is 8. The van der Waals surface area contributed by atoms with Crippen LogP contribution in [0, 0.1) is 20.8 Å². The first kappa shape index (κ1) is 40.1. The second kappa shape index (κ2) is 16.8. The predicted molar refractivity (Wildman–Crippen MR) is 171 cm³/mol. The van der Waals surface area contributed by atoms with Gasteiger partial charge in [-0.25, -0.2) is 4.98 Å². The Hall–Kier alpha value is -1.91. The molecule has 2 aromatic carbocycles. The standard InChI is InChI=1S/C36H49N3.2ClH.V/c1-20(2)29-14-24(9)15-30(21(3)4)35(29)37-27(12)33-18-26(11)19-34(39-33)28(13)38-36-31(22(5)6)16-25(10)17-32(36)23(7)8;;;/h14-23H,1-13H3;2*1H;/q;;;+2/p-2. The van der Waals surface area contributed by atoms with Crippen LogP contribution in [0.15, 0.2) is 46.4 Å². The van der Waals surface area contributed by atoms with E-state index in [1.165, 1.54) is 33.4 Å². The van der Waals surface area contributed by atoms with Gasteiger partial charge in [0.1, 0.15) is 0 Å². The molecule has 0 atom stereocenters. The van der Waals surface area contributed by atoms with E-state index >= 15 is 0 Å². The normalized spacial score (nSPS) is 12.0. The quantitative estimate of drug-likeness (QED) is 0.325. The molecule has 1 aromatic heterocycles. The number of aryl methyl sites for hydroxylation is 3. The maximum atomic E-state index is 5.24. The summed E-state index contributed by atoms with van der Waals surface area (Å²) in [6.45, 7) is 28.6. The Labute approximate surface area is 280 Å². The van der Waals surface area contributed by atoms with Gasteiger partial charge >= 0.3 is 18.6 Å². The maximum Gasteiger partial charge on any atom is 2.00 e. The molecule has 0 spiro atoms. The van der Waals surface area contributed by atoms with E-state index < -0.39 is 0 Å². The summed E-state index contributed by atoms with van der Waals surface area (Å²) in [6.07, 6.45) is 0. The van der Waals surface area contributed by atoms with E-state index in [0.29, 0.717) is 23.7 Å². The monoisotopic (exact) mass is 644 g/mol. The summed E-state index contributed by atoms with van der Waals surface area (Å²) in [4.78, 5) is 15.6. The Kier molecular flexibility index (Phi) is 16.0. The van der Waals surface area contributed by atoms with Crippen LogP contribution in [0.4, 0.5) is 11.4 Å². The van der Waals surface area contributed by atoms with Crippen LogP contribution in [0.3, 0.4) is 0 Å². The van der Waals surface area contributed by atoms with Crippen LogP contribution < -0.4 is 24.8 Å². The van der Waals surface area contributed by atoms with Gasteiger partial charge in [0.2, 0.25) is 0 Å². The average Bonchev–Trinajstić information content (AvgIpc) is 2.84. The molecule has 0 bridgehead atoms. The molecular weight excluding hydrogens is 596 g/mol. The van der Waals surface area contributed by atoms with Gasteiger partial charge in [-0.1, -0.05) is 90.8 Å². The first-order valence-electron chi connectivity index (χ1n) is 14.6. The van der Waals surface area contributed by atoms with E-state index in [1.54, 1.807) is 0 Å². The molecule has 6 heteroatoms. The fourth-order valence-electron chi connectivity index (χ4n) is 5.18. The first-order chi connectivity index (χ1) is 18.2. The Morgan fingerprint density at radius 1 is 0.500 bits per heavy atom. The number of hydrogen-bond donors (Lipinski definition) is 0. The van der Waals surface area contributed by atoms with Gasteiger partial charge in [0.25, 0.3) is 0 Å². The number of benzene rings is 2. The van der Waals surface area contributed by atoms with Crippen molar-refractivity contribution in [2.45, 2.75) is 114 Å². The van der Waals surface area contributed by atoms with Crippen molar-refractivity contribution in [3.05, 3.63) is 86.7 Å². The van der Waals surface area contributed by atoms with E-state index in [2.05, 4.69) is 126 Å². The number of aliphatic imine (C=N–C) groups is 2. The second-order valence-corrected chi connectivity index (χ2v) is 12.5. The summed E-state index contributed by atoms with van der Waals surface area (Å²) in [5.74, 6) is 1.57. The summed E-state index contributed by atoms with van der Waals surface area (Å²) < 4.78 is 0. The van der Waals surface area contributed by atoms with Crippen LogP contribution in [0.1, 0.15) is 143 Å². The van der Waals surface area contributed by atoms with Crippen LogP contribution in [0.25, 0.3) is 0 Å².